The lowest BCUT2D eigenvalue weighted by atomic mass is 10.1. The Kier molecular flexibility index (Phi) is 8.02. The van der Waals surface area contributed by atoms with Gasteiger partial charge in [-0.05, 0) is 30.7 Å². The normalized spacial score (nSPS) is 18.8. The highest BCUT2D eigenvalue weighted by molar-refractivity contribution is 7.86. The average Bonchev–Trinajstić information content (AvgIpc) is 3.30. The van der Waals surface area contributed by atoms with Crippen molar-refractivity contribution in [2.75, 3.05) is 35.6 Å². The molecule has 1 fully saturated rings. The maximum Gasteiger partial charge on any atom is 0.407 e. The summed E-state index contributed by atoms with van der Waals surface area (Å²) >= 11 is -2.90. The lowest BCUT2D eigenvalue weighted by molar-refractivity contribution is 0.101. The predicted octanol–water partition coefficient (Wildman–Crippen LogP) is 1.76. The monoisotopic (exact) mass is 550 g/mol. The van der Waals surface area contributed by atoms with Crippen molar-refractivity contribution in [3.63, 3.8) is 0 Å². The van der Waals surface area contributed by atoms with Gasteiger partial charge in [0, 0.05) is 37.9 Å². The number of halogens is 2. The number of rotatable bonds is 8. The van der Waals surface area contributed by atoms with E-state index in [2.05, 4.69) is 5.32 Å². The molecular weight excluding hydrogens is 526 g/mol. The number of nitrogens with one attached hydrogen (secondary N) is 1. The summed E-state index contributed by atoms with van der Waals surface area (Å²) in [5.74, 6) is -3.52. The molecule has 1 saturated heterocycles. The highest BCUT2D eigenvalue weighted by Crippen LogP contribution is 2.33. The molecule has 3 rings (SSSR count). The van der Waals surface area contributed by atoms with Crippen molar-refractivity contribution in [3.05, 3.63) is 47.3 Å². The number of anilines is 2. The number of carboxylic acid groups (broad SMARTS) is 1. The van der Waals surface area contributed by atoms with Gasteiger partial charge < -0.3 is 19.9 Å². The minimum Gasteiger partial charge on any atom is -0.465 e. The molecule has 1 aliphatic heterocycles. The van der Waals surface area contributed by atoms with Crippen molar-refractivity contribution in [1.82, 2.24) is 9.47 Å². The molecule has 0 spiro atoms. The third-order valence-corrected chi connectivity index (χ3v) is 6.98. The van der Waals surface area contributed by atoms with Gasteiger partial charge in [-0.25, -0.2) is 17.8 Å². The highest BCUT2D eigenvalue weighted by Gasteiger charge is 2.43. The quantitative estimate of drug-likeness (QED) is 0.331. The molecule has 16 heteroatoms. The van der Waals surface area contributed by atoms with Gasteiger partial charge in [-0.2, -0.15) is 8.42 Å². The molecule has 0 saturated carbocycles. The fourth-order valence-electron chi connectivity index (χ4n) is 3.94. The van der Waals surface area contributed by atoms with Crippen LogP contribution in [-0.4, -0.2) is 75.7 Å². The van der Waals surface area contributed by atoms with Crippen LogP contribution in [0.5, 0.6) is 0 Å². The molecule has 1 aliphatic rings. The van der Waals surface area contributed by atoms with E-state index in [1.165, 1.54) is 26.1 Å². The fraction of sp³-hybridized carbons (Fsp3) is 0.400. The van der Waals surface area contributed by atoms with Crippen LogP contribution in [0.15, 0.2) is 24.4 Å². The molecule has 0 radical (unpaired) electrons. The fourth-order valence-corrected chi connectivity index (χ4v) is 5.12. The Bertz CT molecular complexity index is 1320. The number of likely N-dealkylation sites (tertiary alicyclic amines) is 1. The number of nitrogens with zero attached hydrogens (tertiary/aromatic N) is 3. The van der Waals surface area contributed by atoms with Crippen molar-refractivity contribution < 1.29 is 44.8 Å². The van der Waals surface area contributed by atoms with Gasteiger partial charge in [0.15, 0.2) is 5.82 Å². The van der Waals surface area contributed by atoms with E-state index < -0.39 is 75.0 Å². The van der Waals surface area contributed by atoms with Crippen LogP contribution < -0.4 is 9.62 Å². The van der Waals surface area contributed by atoms with Crippen LogP contribution in [0.3, 0.4) is 0 Å². The number of carbonyl (C=O) groups is 2. The largest absolute Gasteiger partial charge is 0.465 e. The van der Waals surface area contributed by atoms with E-state index >= 15 is 4.39 Å². The van der Waals surface area contributed by atoms with E-state index in [-0.39, 0.29) is 24.3 Å². The summed E-state index contributed by atoms with van der Waals surface area (Å²) in [5, 5.41) is 11.8. The van der Waals surface area contributed by atoms with Crippen LogP contribution in [0.4, 0.5) is 25.0 Å². The third-order valence-electron chi connectivity index (χ3n) is 5.61. The highest BCUT2D eigenvalue weighted by atomic mass is 32.2. The van der Waals surface area contributed by atoms with Gasteiger partial charge in [-0.15, -0.1) is 0 Å². The molecule has 3 atom stereocenters. The van der Waals surface area contributed by atoms with Gasteiger partial charge in [0.25, 0.3) is 27.3 Å². The van der Waals surface area contributed by atoms with Crippen molar-refractivity contribution >= 4 is 44.8 Å². The Morgan fingerprint density at radius 1 is 1.31 bits per heavy atom. The molecule has 36 heavy (non-hydrogen) atoms. The molecule has 2 aromatic rings. The topological polar surface area (TPSA) is 158 Å². The van der Waals surface area contributed by atoms with Crippen LogP contribution in [-0.2, 0) is 32.6 Å². The van der Waals surface area contributed by atoms with Gasteiger partial charge in [0.2, 0.25) is 0 Å². The zero-order valence-electron chi connectivity index (χ0n) is 19.3. The van der Waals surface area contributed by atoms with Gasteiger partial charge in [0.1, 0.15) is 17.2 Å². The minimum absolute atomic E-state index is 0.189. The first-order chi connectivity index (χ1) is 16.7. The van der Waals surface area contributed by atoms with Crippen LogP contribution in [0.2, 0.25) is 0 Å². The Hall–Kier alpha value is -3.08. The Balaban J connectivity index is 1.96. The third kappa shape index (κ3) is 6.00. The molecule has 0 aliphatic carbocycles. The molecule has 1 unspecified atom stereocenters. The lowest BCUT2D eigenvalue weighted by Crippen LogP contribution is -2.44. The number of hydrogen-bond donors (Lipinski definition) is 3. The maximum atomic E-state index is 15.5. The zero-order chi connectivity index (χ0) is 26.9. The first-order valence-corrected chi connectivity index (χ1v) is 13.2. The van der Waals surface area contributed by atoms with Crippen LogP contribution in [0.1, 0.15) is 16.1 Å². The Labute approximate surface area is 208 Å². The number of benzene rings is 1. The molecule has 198 valence electrons. The molecule has 2 heterocycles. The summed E-state index contributed by atoms with van der Waals surface area (Å²) in [5.41, 5.74) is -0.566. The van der Waals surface area contributed by atoms with Crippen LogP contribution >= 0.6 is 0 Å². The molecule has 2 amide bonds. The summed E-state index contributed by atoms with van der Waals surface area (Å²) in [4.78, 5) is 25.2. The first kappa shape index (κ1) is 27.5. The van der Waals surface area contributed by atoms with E-state index in [4.69, 9.17) is 4.18 Å². The minimum atomic E-state index is -3.92. The van der Waals surface area contributed by atoms with E-state index in [1.807, 2.05) is 0 Å². The second-order valence-corrected chi connectivity index (χ2v) is 10.8. The first-order valence-electron chi connectivity index (χ1n) is 10.3. The standard InChI is InChI=1S/C20H24F2N4O8S2/c1-11-6-13(4-5-14(11)21)23-19(27)18-17(22)16(8-24(18)2)26(35(30)31)15-9-25(20(28)29)7-12(15)10-34-36(3,32)33/h4-6,8,12,15H,7,9-10H2,1-3H3,(H,23,27)(H,28,29)(H,30,31)/t12-,15-/m0/s1. The molecule has 1 aromatic carbocycles. The summed E-state index contributed by atoms with van der Waals surface area (Å²) in [7, 11) is -2.60. The number of hydrogen-bond acceptors (Lipinski definition) is 6. The second kappa shape index (κ2) is 10.5. The molecular formula is C20H24F2N4O8S2. The van der Waals surface area contributed by atoms with Crippen molar-refractivity contribution in [3.8, 4) is 0 Å². The number of aromatic nitrogens is 1. The van der Waals surface area contributed by atoms with Crippen molar-refractivity contribution in [2.24, 2.45) is 13.0 Å². The Morgan fingerprint density at radius 2 is 1.97 bits per heavy atom. The number of carbonyl (C=O) groups excluding carboxylic acids is 1. The zero-order valence-corrected chi connectivity index (χ0v) is 21.0. The van der Waals surface area contributed by atoms with Gasteiger partial charge in [-0.3, -0.25) is 17.8 Å². The summed E-state index contributed by atoms with van der Waals surface area (Å²) in [6.07, 6.45) is 0.499. The van der Waals surface area contributed by atoms with E-state index in [0.717, 1.165) is 28.0 Å². The molecule has 3 N–H and O–H groups in total. The predicted molar refractivity (Wildman–Crippen MR) is 125 cm³/mol. The van der Waals surface area contributed by atoms with E-state index in [0.29, 0.717) is 4.31 Å². The van der Waals surface area contributed by atoms with Crippen LogP contribution in [0, 0.1) is 24.5 Å². The summed E-state index contributed by atoms with van der Waals surface area (Å²) in [6, 6.07) is 2.58. The van der Waals surface area contributed by atoms with Crippen molar-refractivity contribution in [1.29, 1.82) is 0 Å². The molecule has 0 bridgehead atoms. The van der Waals surface area contributed by atoms with E-state index in [9.17, 15) is 36.3 Å². The van der Waals surface area contributed by atoms with Crippen molar-refractivity contribution in [2.45, 2.75) is 13.0 Å². The van der Waals surface area contributed by atoms with Gasteiger partial charge in [-0.1, -0.05) is 0 Å². The summed E-state index contributed by atoms with van der Waals surface area (Å²) in [6.45, 7) is 0.359. The Morgan fingerprint density at radius 3 is 2.53 bits per heavy atom. The number of amides is 2. The van der Waals surface area contributed by atoms with E-state index in [1.54, 1.807) is 0 Å². The SMILES string of the molecule is Cc1cc(NC(=O)c2c(F)c(N([C@H]3CN(C(=O)O)C[C@H]3COS(C)(=O)=O)S(=O)O)cn2C)ccc1F. The molecule has 1 aromatic heterocycles. The van der Waals surface area contributed by atoms with Gasteiger partial charge >= 0.3 is 6.09 Å². The smallest absolute Gasteiger partial charge is 0.407 e. The van der Waals surface area contributed by atoms with Gasteiger partial charge in [0.05, 0.1) is 18.9 Å². The molecule has 12 nitrogen and oxygen atoms in total. The second-order valence-electron chi connectivity index (χ2n) is 8.27. The lowest BCUT2D eigenvalue weighted by Gasteiger charge is -2.29. The average molecular weight is 551 g/mol. The maximum absolute atomic E-state index is 15.5. The number of aryl methyl sites for hydroxylation is 2. The van der Waals surface area contributed by atoms with Crippen LogP contribution in [0.25, 0.3) is 0 Å². The summed E-state index contributed by atoms with van der Waals surface area (Å²) < 4.78 is 80.8.